The van der Waals surface area contributed by atoms with Crippen LogP contribution in [0.15, 0.2) is 18.2 Å². The van der Waals surface area contributed by atoms with Gasteiger partial charge in [0.05, 0.1) is 7.11 Å². The molecule has 1 aliphatic rings. The van der Waals surface area contributed by atoms with Crippen molar-refractivity contribution < 1.29 is 9.13 Å². The van der Waals surface area contributed by atoms with Crippen LogP contribution in [0.2, 0.25) is 0 Å². The molecule has 3 heteroatoms. The maximum atomic E-state index is 14.1. The molecule has 2 rings (SSSR count). The number of methoxy groups -OCH3 is 1. The zero-order valence-corrected chi connectivity index (χ0v) is 8.43. The predicted octanol–water partition coefficient (Wildman–Crippen LogP) is 2.70. The minimum atomic E-state index is -1.24. The summed E-state index contributed by atoms with van der Waals surface area (Å²) in [7, 11) is 1.59. The predicted molar refractivity (Wildman–Crippen MR) is 54.6 cm³/mol. The number of hydrogen-bond acceptors (Lipinski definition) is 2. The molecule has 1 atom stereocenters. The number of hydrogen-bond donors (Lipinski definition) is 1. The second kappa shape index (κ2) is 3.15. The summed E-state index contributed by atoms with van der Waals surface area (Å²) in [5, 5.41) is 3.17. The molecule has 2 nitrogen and oxygen atoms in total. The number of nitrogens with one attached hydrogen (secondary N) is 1. The number of halogens is 1. The van der Waals surface area contributed by atoms with E-state index in [-0.39, 0.29) is 0 Å². The third kappa shape index (κ3) is 1.43. The average molecular weight is 195 g/mol. The molecule has 1 N–H and O–H groups in total. The van der Waals surface area contributed by atoms with Crippen LogP contribution in [0, 0.1) is 0 Å². The lowest BCUT2D eigenvalue weighted by Crippen LogP contribution is -2.26. The van der Waals surface area contributed by atoms with Gasteiger partial charge in [-0.05, 0) is 25.1 Å². The fraction of sp³-hybridized carbons (Fsp3) is 0.455. The van der Waals surface area contributed by atoms with Crippen molar-refractivity contribution in [3.05, 3.63) is 23.8 Å². The van der Waals surface area contributed by atoms with Crippen LogP contribution in [0.4, 0.5) is 10.1 Å². The van der Waals surface area contributed by atoms with Crippen molar-refractivity contribution >= 4 is 5.69 Å². The fourth-order valence-electron chi connectivity index (χ4n) is 1.80. The van der Waals surface area contributed by atoms with Crippen molar-refractivity contribution in [2.24, 2.45) is 0 Å². The van der Waals surface area contributed by atoms with Crippen molar-refractivity contribution in [2.45, 2.75) is 19.0 Å². The molecule has 0 spiro atoms. The third-order valence-electron chi connectivity index (χ3n) is 2.70. The van der Waals surface area contributed by atoms with Gasteiger partial charge in [-0.1, -0.05) is 0 Å². The Labute approximate surface area is 83.1 Å². The molecule has 0 aromatic heterocycles. The first-order chi connectivity index (χ1) is 6.63. The minimum Gasteiger partial charge on any atom is -0.497 e. The van der Waals surface area contributed by atoms with E-state index in [0.29, 0.717) is 24.3 Å². The second-order valence-electron chi connectivity index (χ2n) is 3.79. The monoisotopic (exact) mass is 195 g/mol. The van der Waals surface area contributed by atoms with E-state index in [1.54, 1.807) is 20.1 Å². The van der Waals surface area contributed by atoms with Gasteiger partial charge in [-0.25, -0.2) is 4.39 Å². The number of fused-ring (bicyclic) bond motifs is 1. The van der Waals surface area contributed by atoms with Gasteiger partial charge >= 0.3 is 0 Å². The Morgan fingerprint density at radius 3 is 3.00 bits per heavy atom. The van der Waals surface area contributed by atoms with Crippen LogP contribution in [-0.2, 0) is 5.67 Å². The molecule has 0 aliphatic carbocycles. The van der Waals surface area contributed by atoms with E-state index >= 15 is 0 Å². The number of benzene rings is 1. The lowest BCUT2D eigenvalue weighted by molar-refractivity contribution is 0.178. The van der Waals surface area contributed by atoms with Crippen molar-refractivity contribution in [1.82, 2.24) is 0 Å². The Morgan fingerprint density at radius 2 is 2.29 bits per heavy atom. The zero-order valence-electron chi connectivity index (χ0n) is 8.43. The molecule has 0 saturated heterocycles. The zero-order chi connectivity index (χ0) is 10.2. The first-order valence-corrected chi connectivity index (χ1v) is 4.75. The van der Waals surface area contributed by atoms with Gasteiger partial charge in [0.25, 0.3) is 0 Å². The Hall–Kier alpha value is -1.25. The normalized spacial score (nSPS) is 25.1. The van der Waals surface area contributed by atoms with Crippen molar-refractivity contribution in [3.63, 3.8) is 0 Å². The molecule has 1 aromatic carbocycles. The molecular weight excluding hydrogens is 181 g/mol. The van der Waals surface area contributed by atoms with Gasteiger partial charge in [-0.15, -0.1) is 0 Å². The van der Waals surface area contributed by atoms with Gasteiger partial charge in [-0.3, -0.25) is 0 Å². The molecule has 0 radical (unpaired) electrons. The molecule has 0 saturated carbocycles. The fourth-order valence-corrected chi connectivity index (χ4v) is 1.80. The smallest absolute Gasteiger partial charge is 0.137 e. The highest BCUT2D eigenvalue weighted by molar-refractivity contribution is 5.58. The second-order valence-corrected chi connectivity index (χ2v) is 3.79. The van der Waals surface area contributed by atoms with Crippen molar-refractivity contribution in [1.29, 1.82) is 0 Å². The molecular formula is C11H14FNO. The van der Waals surface area contributed by atoms with Crippen LogP contribution >= 0.6 is 0 Å². The van der Waals surface area contributed by atoms with Crippen LogP contribution in [0.5, 0.6) is 5.75 Å². The SMILES string of the molecule is COc1ccc2c(c1)C(C)(F)CCN2. The Balaban J connectivity index is 2.49. The van der Waals surface area contributed by atoms with E-state index in [2.05, 4.69) is 5.32 Å². The summed E-state index contributed by atoms with van der Waals surface area (Å²) in [6.07, 6.45) is 0.507. The lowest BCUT2D eigenvalue weighted by Gasteiger charge is -2.29. The molecule has 1 heterocycles. The highest BCUT2D eigenvalue weighted by Crippen LogP contribution is 2.39. The highest BCUT2D eigenvalue weighted by Gasteiger charge is 2.31. The van der Waals surface area contributed by atoms with Gasteiger partial charge in [0.1, 0.15) is 11.4 Å². The van der Waals surface area contributed by atoms with Crippen LogP contribution in [0.25, 0.3) is 0 Å². The largest absolute Gasteiger partial charge is 0.497 e. The molecule has 1 aromatic rings. The summed E-state index contributed by atoms with van der Waals surface area (Å²) >= 11 is 0. The van der Waals surface area contributed by atoms with E-state index in [0.717, 1.165) is 5.69 Å². The average Bonchev–Trinajstić information content (AvgIpc) is 2.17. The van der Waals surface area contributed by atoms with E-state index in [9.17, 15) is 4.39 Å². The summed E-state index contributed by atoms with van der Waals surface area (Å²) in [6.45, 7) is 2.30. The topological polar surface area (TPSA) is 21.3 Å². The quantitative estimate of drug-likeness (QED) is 0.743. The lowest BCUT2D eigenvalue weighted by atomic mass is 9.89. The third-order valence-corrected chi connectivity index (χ3v) is 2.70. The Bertz CT molecular complexity index is 349. The van der Waals surface area contributed by atoms with Crippen molar-refractivity contribution in [2.75, 3.05) is 19.0 Å². The van der Waals surface area contributed by atoms with Crippen LogP contribution in [0.1, 0.15) is 18.9 Å². The maximum Gasteiger partial charge on any atom is 0.137 e. The number of rotatable bonds is 1. The number of anilines is 1. The van der Waals surface area contributed by atoms with Gasteiger partial charge in [0.2, 0.25) is 0 Å². The molecule has 0 fully saturated rings. The molecule has 1 unspecified atom stereocenters. The number of alkyl halides is 1. The highest BCUT2D eigenvalue weighted by atomic mass is 19.1. The molecule has 14 heavy (non-hydrogen) atoms. The molecule has 0 bridgehead atoms. The van der Waals surface area contributed by atoms with E-state index in [4.69, 9.17) is 4.74 Å². The van der Waals surface area contributed by atoms with Crippen LogP contribution < -0.4 is 10.1 Å². The first kappa shape index (κ1) is 9.31. The van der Waals surface area contributed by atoms with E-state index in [1.807, 2.05) is 12.1 Å². The molecule has 0 amide bonds. The van der Waals surface area contributed by atoms with Gasteiger partial charge in [0, 0.05) is 24.2 Å². The van der Waals surface area contributed by atoms with Gasteiger partial charge < -0.3 is 10.1 Å². The molecule has 1 aliphatic heterocycles. The Morgan fingerprint density at radius 1 is 1.50 bits per heavy atom. The van der Waals surface area contributed by atoms with E-state index in [1.165, 1.54) is 0 Å². The van der Waals surface area contributed by atoms with Gasteiger partial charge in [0.15, 0.2) is 0 Å². The van der Waals surface area contributed by atoms with Crippen LogP contribution in [0.3, 0.4) is 0 Å². The minimum absolute atomic E-state index is 0.507. The number of ether oxygens (including phenoxy) is 1. The van der Waals surface area contributed by atoms with Gasteiger partial charge in [-0.2, -0.15) is 0 Å². The standard InChI is InChI=1S/C11H14FNO/c1-11(12)5-6-13-10-4-3-8(14-2)7-9(10)11/h3-4,7,13H,5-6H2,1-2H3. The first-order valence-electron chi connectivity index (χ1n) is 4.75. The van der Waals surface area contributed by atoms with E-state index < -0.39 is 5.67 Å². The summed E-state index contributed by atoms with van der Waals surface area (Å²) in [6, 6.07) is 5.47. The van der Waals surface area contributed by atoms with Crippen molar-refractivity contribution in [3.8, 4) is 5.75 Å². The maximum absolute atomic E-state index is 14.1. The summed E-state index contributed by atoms with van der Waals surface area (Å²) < 4.78 is 19.2. The Kier molecular flexibility index (Phi) is 2.10. The van der Waals surface area contributed by atoms with Crippen LogP contribution in [-0.4, -0.2) is 13.7 Å². The summed E-state index contributed by atoms with van der Waals surface area (Å²) in [4.78, 5) is 0. The molecule has 76 valence electrons. The summed E-state index contributed by atoms with van der Waals surface area (Å²) in [5.74, 6) is 0.705. The summed E-state index contributed by atoms with van der Waals surface area (Å²) in [5.41, 5.74) is 0.333.